The lowest BCUT2D eigenvalue weighted by atomic mass is 10.0. The summed E-state index contributed by atoms with van der Waals surface area (Å²) in [6.07, 6.45) is 4.06. The first-order valence-electron chi connectivity index (χ1n) is 10.1. The van der Waals surface area contributed by atoms with Gasteiger partial charge in [-0.1, -0.05) is 0 Å². The number of aromatic nitrogens is 2. The molecule has 0 radical (unpaired) electrons. The molecule has 3 rings (SSSR count). The van der Waals surface area contributed by atoms with E-state index in [9.17, 15) is 0 Å². The van der Waals surface area contributed by atoms with Crippen LogP contribution < -0.4 is 11.1 Å². The molecule has 0 bridgehead atoms. The molecule has 1 unspecified atom stereocenters. The average Bonchev–Trinajstić information content (AvgIpc) is 3.20. The molecule has 0 spiro atoms. The number of amidine groups is 1. The summed E-state index contributed by atoms with van der Waals surface area (Å²) in [6.45, 7) is 5.32. The molecule has 1 aliphatic rings. The summed E-state index contributed by atoms with van der Waals surface area (Å²) < 4.78 is 5.18. The fraction of sp³-hybridized carbons (Fsp3) is 0.524. The van der Waals surface area contributed by atoms with Crippen LogP contribution >= 0.6 is 0 Å². The number of likely N-dealkylation sites (tertiary alicyclic amines) is 1. The predicted molar refractivity (Wildman–Crippen MR) is 119 cm³/mol. The molecule has 1 saturated heterocycles. The minimum atomic E-state index is 0.337. The maximum absolute atomic E-state index is 6.52. The monoisotopic (exact) mass is 399 g/mol. The van der Waals surface area contributed by atoms with Crippen molar-refractivity contribution < 1.29 is 4.74 Å². The highest BCUT2D eigenvalue weighted by Gasteiger charge is 2.24. The molecule has 2 aromatic rings. The molecule has 1 aliphatic heterocycles. The highest BCUT2D eigenvalue weighted by molar-refractivity contribution is 5.98. The first-order chi connectivity index (χ1) is 14.0. The van der Waals surface area contributed by atoms with Gasteiger partial charge in [0, 0.05) is 63.7 Å². The summed E-state index contributed by atoms with van der Waals surface area (Å²) in [5.74, 6) is 0.864. The van der Waals surface area contributed by atoms with Gasteiger partial charge < -0.3 is 25.6 Å². The molecule has 1 aromatic carbocycles. The minimum absolute atomic E-state index is 0.337. The van der Waals surface area contributed by atoms with E-state index in [-0.39, 0.29) is 0 Å². The zero-order valence-electron chi connectivity index (χ0n) is 17.9. The lowest BCUT2D eigenvalue weighted by Crippen LogP contribution is -2.47. The number of methoxy groups -OCH3 is 1. The molecular formula is C21H33N7O. The molecule has 8 nitrogen and oxygen atoms in total. The molecule has 29 heavy (non-hydrogen) atoms. The van der Waals surface area contributed by atoms with Crippen molar-refractivity contribution in [3.63, 3.8) is 0 Å². The Kier molecular flexibility index (Phi) is 6.98. The van der Waals surface area contributed by atoms with Crippen LogP contribution in [0.15, 0.2) is 40.8 Å². The van der Waals surface area contributed by atoms with Crippen LogP contribution in [0.25, 0.3) is 10.9 Å². The first kappa shape index (κ1) is 21.0. The Morgan fingerprint density at radius 1 is 1.48 bits per heavy atom. The Balaban J connectivity index is 1.69. The Hall–Kier alpha value is -2.74. The van der Waals surface area contributed by atoms with Crippen LogP contribution in [0.3, 0.4) is 0 Å². The summed E-state index contributed by atoms with van der Waals surface area (Å²) in [4.78, 5) is 8.94. The molecule has 1 atom stereocenters. The maximum Gasteiger partial charge on any atom is 0.148 e. The smallest absolute Gasteiger partial charge is 0.148 e. The fourth-order valence-corrected chi connectivity index (χ4v) is 3.75. The van der Waals surface area contributed by atoms with E-state index in [1.165, 1.54) is 0 Å². The summed E-state index contributed by atoms with van der Waals surface area (Å²) in [5, 5.41) is 11.9. The van der Waals surface area contributed by atoms with Crippen LogP contribution in [-0.4, -0.2) is 79.3 Å². The number of allylic oxidation sites excluding steroid dienone is 1. The number of ether oxygens (including phenoxy) is 1. The van der Waals surface area contributed by atoms with Crippen LogP contribution in [0, 0.1) is 0 Å². The molecule has 0 aliphatic carbocycles. The molecule has 0 amide bonds. The van der Waals surface area contributed by atoms with E-state index in [0.29, 0.717) is 12.6 Å². The zero-order chi connectivity index (χ0) is 20.8. The van der Waals surface area contributed by atoms with Gasteiger partial charge in [-0.05, 0) is 38.0 Å². The second-order valence-corrected chi connectivity index (χ2v) is 7.56. The van der Waals surface area contributed by atoms with Crippen molar-refractivity contribution >= 4 is 22.4 Å². The number of likely N-dealkylation sites (N-methyl/N-ethyl adjacent to an activating group) is 1. The summed E-state index contributed by atoms with van der Waals surface area (Å²) in [6, 6.07) is 6.63. The minimum Gasteiger partial charge on any atom is -0.394 e. The average molecular weight is 400 g/mol. The Bertz CT molecular complexity index is 873. The number of hydrogen-bond donors (Lipinski definition) is 3. The van der Waals surface area contributed by atoms with Crippen molar-refractivity contribution in [2.75, 3.05) is 52.8 Å². The number of aliphatic imine (C=N–C) groups is 1. The molecule has 158 valence electrons. The Labute approximate surface area is 172 Å². The van der Waals surface area contributed by atoms with Gasteiger partial charge in [-0.15, -0.1) is 0 Å². The third-order valence-corrected chi connectivity index (χ3v) is 5.58. The van der Waals surface area contributed by atoms with E-state index >= 15 is 0 Å². The number of nitrogens with zero attached hydrogens (tertiary/aromatic N) is 4. The number of aromatic amines is 1. The molecule has 4 N–H and O–H groups in total. The second kappa shape index (κ2) is 9.65. The predicted octanol–water partition coefficient (Wildman–Crippen LogP) is 2.24. The fourth-order valence-electron chi connectivity index (χ4n) is 3.75. The van der Waals surface area contributed by atoms with Gasteiger partial charge in [0.05, 0.1) is 24.0 Å². The third-order valence-electron chi connectivity index (χ3n) is 5.58. The highest BCUT2D eigenvalue weighted by atomic mass is 16.5. The van der Waals surface area contributed by atoms with Gasteiger partial charge in [0.1, 0.15) is 5.84 Å². The standard InChI is InChI=1S/C21H33N7O/c1-15(27(3)10-11-29-4)20(22)21(23-2)28-9-5-6-18(14-28)25-17-7-8-19-16(12-17)13-24-26-19/h7-8,12-13,18,25H,5-6,9-11,14,22H2,1-4H3,(H,24,26)/b20-15-,23-21?. The lowest BCUT2D eigenvalue weighted by Gasteiger charge is -2.36. The molecule has 0 saturated carbocycles. The molecule has 8 heteroatoms. The van der Waals surface area contributed by atoms with Crippen LogP contribution in [0.5, 0.6) is 0 Å². The number of nitrogens with one attached hydrogen (secondary N) is 2. The van der Waals surface area contributed by atoms with E-state index in [1.807, 2.05) is 27.2 Å². The Morgan fingerprint density at radius 2 is 2.31 bits per heavy atom. The van der Waals surface area contributed by atoms with Crippen molar-refractivity contribution in [2.45, 2.75) is 25.8 Å². The van der Waals surface area contributed by atoms with E-state index in [2.05, 4.69) is 48.5 Å². The van der Waals surface area contributed by atoms with E-state index in [4.69, 9.17) is 10.5 Å². The second-order valence-electron chi connectivity index (χ2n) is 7.56. The van der Waals surface area contributed by atoms with E-state index < -0.39 is 0 Å². The third kappa shape index (κ3) is 5.00. The van der Waals surface area contributed by atoms with E-state index in [0.717, 1.165) is 66.3 Å². The van der Waals surface area contributed by atoms with Crippen LogP contribution in [-0.2, 0) is 4.74 Å². The van der Waals surface area contributed by atoms with Crippen LogP contribution in [0.1, 0.15) is 19.8 Å². The van der Waals surface area contributed by atoms with Crippen LogP contribution in [0.4, 0.5) is 5.69 Å². The molecule has 1 aromatic heterocycles. The summed E-state index contributed by atoms with van der Waals surface area (Å²) >= 11 is 0. The summed E-state index contributed by atoms with van der Waals surface area (Å²) in [7, 11) is 5.55. The van der Waals surface area contributed by atoms with Crippen molar-refractivity contribution in [2.24, 2.45) is 10.7 Å². The quantitative estimate of drug-likeness (QED) is 0.488. The lowest BCUT2D eigenvalue weighted by molar-refractivity contribution is 0.173. The molecular weight excluding hydrogens is 366 g/mol. The number of benzene rings is 1. The van der Waals surface area contributed by atoms with Gasteiger partial charge in [0.25, 0.3) is 0 Å². The number of fused-ring (bicyclic) bond motifs is 1. The van der Waals surface area contributed by atoms with Crippen molar-refractivity contribution in [1.29, 1.82) is 0 Å². The summed E-state index contributed by atoms with van der Waals surface area (Å²) in [5.41, 5.74) is 10.4. The van der Waals surface area contributed by atoms with Gasteiger partial charge in [-0.25, -0.2) is 0 Å². The highest BCUT2D eigenvalue weighted by Crippen LogP contribution is 2.21. The van der Waals surface area contributed by atoms with Crippen molar-refractivity contribution in [3.8, 4) is 0 Å². The van der Waals surface area contributed by atoms with Crippen molar-refractivity contribution in [1.82, 2.24) is 20.0 Å². The van der Waals surface area contributed by atoms with Crippen molar-refractivity contribution in [3.05, 3.63) is 35.8 Å². The number of rotatable bonds is 7. The maximum atomic E-state index is 6.52. The number of anilines is 1. The van der Waals surface area contributed by atoms with Gasteiger partial charge in [-0.2, -0.15) is 5.10 Å². The topological polar surface area (TPSA) is 94.8 Å². The first-order valence-corrected chi connectivity index (χ1v) is 10.1. The Morgan fingerprint density at radius 3 is 3.07 bits per heavy atom. The van der Waals surface area contributed by atoms with Gasteiger partial charge in [-0.3, -0.25) is 10.1 Å². The van der Waals surface area contributed by atoms with Crippen LogP contribution in [0.2, 0.25) is 0 Å². The molecule has 2 heterocycles. The number of H-pyrrole nitrogens is 1. The molecule has 1 fully saturated rings. The zero-order valence-corrected chi connectivity index (χ0v) is 17.9. The van der Waals surface area contributed by atoms with Gasteiger partial charge >= 0.3 is 0 Å². The number of nitrogens with two attached hydrogens (primary N) is 1. The van der Waals surface area contributed by atoms with E-state index in [1.54, 1.807) is 7.11 Å². The van der Waals surface area contributed by atoms with Gasteiger partial charge in [0.2, 0.25) is 0 Å². The normalized spacial score (nSPS) is 18.7. The SMILES string of the molecule is CN=C(/C(N)=C(\C)N(C)CCOC)N1CCCC(Nc2ccc3[nH]ncc3c2)C1. The number of piperidine rings is 1. The largest absolute Gasteiger partial charge is 0.394 e. The number of hydrogen-bond acceptors (Lipinski definition) is 6. The van der Waals surface area contributed by atoms with Gasteiger partial charge in [0.15, 0.2) is 0 Å².